The Balaban J connectivity index is 1.41. The molecule has 1 aliphatic rings. The third-order valence-corrected chi connectivity index (χ3v) is 6.29. The van der Waals surface area contributed by atoms with Gasteiger partial charge in [0.2, 0.25) is 21.9 Å². The first kappa shape index (κ1) is 25.4. The molecular formula is C21H24F2N8O4S. The number of nitrogens with two attached hydrogens (primary N) is 1. The van der Waals surface area contributed by atoms with Gasteiger partial charge in [0, 0.05) is 43.2 Å². The van der Waals surface area contributed by atoms with Crippen LogP contribution in [0.3, 0.4) is 0 Å². The molecule has 1 fully saturated rings. The maximum Gasteiger partial charge on any atom is 0.244 e. The fraction of sp³-hybridized carbons (Fsp3) is 0.333. The fourth-order valence-electron chi connectivity index (χ4n) is 3.46. The van der Waals surface area contributed by atoms with Crippen LogP contribution in [-0.2, 0) is 32.6 Å². The van der Waals surface area contributed by atoms with Gasteiger partial charge in [-0.2, -0.15) is 10.1 Å². The third-order valence-electron chi connectivity index (χ3n) is 5.40. The van der Waals surface area contributed by atoms with Gasteiger partial charge in [0.05, 0.1) is 30.0 Å². The van der Waals surface area contributed by atoms with E-state index in [2.05, 4.69) is 25.7 Å². The van der Waals surface area contributed by atoms with Crippen molar-refractivity contribution in [2.75, 3.05) is 36.9 Å². The molecule has 1 amide bonds. The maximum absolute atomic E-state index is 14.3. The van der Waals surface area contributed by atoms with Crippen molar-refractivity contribution in [1.82, 2.24) is 24.6 Å². The molecule has 1 aromatic carbocycles. The second-order valence-corrected chi connectivity index (χ2v) is 9.60. The lowest BCUT2D eigenvalue weighted by atomic mass is 10.2. The van der Waals surface area contributed by atoms with E-state index in [4.69, 9.17) is 9.88 Å². The second-order valence-electron chi connectivity index (χ2n) is 8.03. The van der Waals surface area contributed by atoms with Crippen molar-refractivity contribution in [2.24, 2.45) is 5.14 Å². The van der Waals surface area contributed by atoms with E-state index in [1.807, 2.05) is 0 Å². The zero-order chi connectivity index (χ0) is 25.9. The predicted molar refractivity (Wildman–Crippen MR) is 125 cm³/mol. The van der Waals surface area contributed by atoms with Gasteiger partial charge < -0.3 is 20.3 Å². The quantitative estimate of drug-likeness (QED) is 0.394. The summed E-state index contributed by atoms with van der Waals surface area (Å²) in [5.74, 6) is -1.70. The van der Waals surface area contributed by atoms with Crippen molar-refractivity contribution in [3.05, 3.63) is 53.5 Å². The number of amides is 1. The van der Waals surface area contributed by atoms with Crippen molar-refractivity contribution in [2.45, 2.75) is 24.9 Å². The van der Waals surface area contributed by atoms with Gasteiger partial charge in [0.15, 0.2) is 0 Å². The van der Waals surface area contributed by atoms with E-state index in [9.17, 15) is 22.0 Å². The summed E-state index contributed by atoms with van der Waals surface area (Å²) in [6.45, 7) is 3.59. The third kappa shape index (κ3) is 6.10. The van der Waals surface area contributed by atoms with Crippen LogP contribution in [0.2, 0.25) is 0 Å². The molecule has 0 atom stereocenters. The van der Waals surface area contributed by atoms with E-state index in [0.29, 0.717) is 55.5 Å². The number of anilines is 3. The average Bonchev–Trinajstić information content (AvgIpc) is 3.26. The summed E-state index contributed by atoms with van der Waals surface area (Å²) < 4.78 is 58.1. The number of hydrogen-bond donors (Lipinski definition) is 3. The summed E-state index contributed by atoms with van der Waals surface area (Å²) in [5.41, 5.74) is 0.769. The minimum Gasteiger partial charge on any atom is -0.378 e. The number of hydrogen-bond acceptors (Lipinski definition) is 9. The number of carbonyl (C=O) groups is 1. The smallest absolute Gasteiger partial charge is 0.244 e. The first-order valence-corrected chi connectivity index (χ1v) is 12.4. The van der Waals surface area contributed by atoms with Crippen LogP contribution in [-0.4, -0.2) is 65.3 Å². The van der Waals surface area contributed by atoms with E-state index >= 15 is 0 Å². The predicted octanol–water partition coefficient (Wildman–Crippen LogP) is 1.12. The summed E-state index contributed by atoms with van der Waals surface area (Å²) >= 11 is 0. The topological polar surface area (TPSA) is 157 Å². The lowest BCUT2D eigenvalue weighted by Gasteiger charge is -2.26. The minimum absolute atomic E-state index is 0.0671. The van der Waals surface area contributed by atoms with E-state index in [1.165, 1.54) is 17.1 Å². The van der Waals surface area contributed by atoms with Crippen molar-refractivity contribution in [3.8, 4) is 0 Å². The Morgan fingerprint density at radius 2 is 1.89 bits per heavy atom. The molecule has 192 valence electrons. The summed E-state index contributed by atoms with van der Waals surface area (Å²) in [6.07, 6.45) is 4.66. The van der Waals surface area contributed by atoms with Gasteiger partial charge in [-0.1, -0.05) is 0 Å². The van der Waals surface area contributed by atoms with Crippen LogP contribution in [0.25, 0.3) is 0 Å². The zero-order valence-electron chi connectivity index (χ0n) is 19.2. The molecule has 2 aromatic heterocycles. The highest BCUT2D eigenvalue weighted by Gasteiger charge is 2.19. The number of carbonyl (C=O) groups excluding carboxylic acids is 1. The van der Waals surface area contributed by atoms with Crippen molar-refractivity contribution >= 4 is 33.4 Å². The molecule has 0 radical (unpaired) electrons. The summed E-state index contributed by atoms with van der Waals surface area (Å²) in [5, 5.41) is 14.9. The molecular weight excluding hydrogens is 498 g/mol. The number of morpholine rings is 1. The van der Waals surface area contributed by atoms with Gasteiger partial charge in [-0.25, -0.2) is 27.3 Å². The van der Waals surface area contributed by atoms with E-state index < -0.39 is 26.6 Å². The van der Waals surface area contributed by atoms with E-state index in [1.54, 1.807) is 18.0 Å². The lowest BCUT2D eigenvalue weighted by molar-refractivity contribution is -0.136. The Hall–Kier alpha value is -3.69. The largest absolute Gasteiger partial charge is 0.378 e. The second kappa shape index (κ2) is 10.5. The van der Waals surface area contributed by atoms with Crippen molar-refractivity contribution in [3.63, 3.8) is 0 Å². The maximum atomic E-state index is 14.3. The molecule has 0 bridgehead atoms. The molecule has 4 N–H and O–H groups in total. The molecule has 0 saturated carbocycles. The SMILES string of the molecule is Cc1cnc(Nc2cnn(CC(=O)N3CCOCC3)c2)nc1NCc1c(F)cc(S(N)(=O)=O)cc1F. The summed E-state index contributed by atoms with van der Waals surface area (Å²) in [6, 6.07) is 1.33. The molecule has 3 aromatic rings. The zero-order valence-corrected chi connectivity index (χ0v) is 20.1. The number of nitrogens with zero attached hydrogens (tertiary/aromatic N) is 5. The highest BCUT2D eigenvalue weighted by Crippen LogP contribution is 2.21. The van der Waals surface area contributed by atoms with Gasteiger partial charge in [-0.05, 0) is 19.1 Å². The number of benzene rings is 1. The van der Waals surface area contributed by atoms with Crippen LogP contribution in [0.5, 0.6) is 0 Å². The van der Waals surface area contributed by atoms with Crippen molar-refractivity contribution in [1.29, 1.82) is 0 Å². The van der Waals surface area contributed by atoms with Crippen LogP contribution in [0.1, 0.15) is 11.1 Å². The number of ether oxygens (including phenoxy) is 1. The van der Waals surface area contributed by atoms with Crippen LogP contribution in [0.15, 0.2) is 35.6 Å². The number of halogens is 2. The summed E-state index contributed by atoms with van der Waals surface area (Å²) in [4.78, 5) is 22.0. The normalized spacial score (nSPS) is 14.1. The van der Waals surface area contributed by atoms with E-state index in [-0.39, 0.29) is 30.5 Å². The van der Waals surface area contributed by atoms with E-state index in [0.717, 1.165) is 0 Å². The Labute approximate surface area is 205 Å². The number of aryl methyl sites for hydroxylation is 1. The molecule has 1 saturated heterocycles. The molecule has 36 heavy (non-hydrogen) atoms. The Morgan fingerprint density at radius 3 is 2.56 bits per heavy atom. The molecule has 0 unspecified atom stereocenters. The highest BCUT2D eigenvalue weighted by molar-refractivity contribution is 7.89. The first-order valence-electron chi connectivity index (χ1n) is 10.8. The van der Waals surface area contributed by atoms with Gasteiger partial charge >= 0.3 is 0 Å². The lowest BCUT2D eigenvalue weighted by Crippen LogP contribution is -2.42. The molecule has 4 rings (SSSR count). The minimum atomic E-state index is -4.25. The van der Waals surface area contributed by atoms with Crippen LogP contribution in [0, 0.1) is 18.6 Å². The van der Waals surface area contributed by atoms with Crippen molar-refractivity contribution < 1.29 is 26.7 Å². The standard InChI is InChI=1S/C21H24F2N8O4S/c1-13-8-26-21(28-14-9-27-31(11-14)12-19(32)30-2-4-35-5-3-30)29-20(13)25-10-16-17(22)6-15(7-18(16)23)36(24,33)34/h6-9,11H,2-5,10,12H2,1H3,(H2,24,33,34)(H2,25,26,28,29). The van der Waals surface area contributed by atoms with Crippen LogP contribution in [0.4, 0.5) is 26.2 Å². The number of rotatable bonds is 8. The van der Waals surface area contributed by atoms with Gasteiger partial charge in [0.1, 0.15) is 24.0 Å². The molecule has 12 nitrogen and oxygen atoms in total. The molecule has 0 spiro atoms. The highest BCUT2D eigenvalue weighted by atomic mass is 32.2. The first-order chi connectivity index (χ1) is 17.1. The fourth-order valence-corrected chi connectivity index (χ4v) is 4.00. The Bertz CT molecular complexity index is 1350. The van der Waals surface area contributed by atoms with Crippen LogP contribution >= 0.6 is 0 Å². The number of primary sulfonamides is 1. The molecule has 1 aliphatic heterocycles. The average molecular weight is 523 g/mol. The Kier molecular flexibility index (Phi) is 7.42. The number of sulfonamides is 1. The summed E-state index contributed by atoms with van der Waals surface area (Å²) in [7, 11) is -4.25. The monoisotopic (exact) mass is 522 g/mol. The molecule has 3 heterocycles. The van der Waals surface area contributed by atoms with Gasteiger partial charge in [0.25, 0.3) is 0 Å². The van der Waals surface area contributed by atoms with Crippen LogP contribution < -0.4 is 15.8 Å². The molecule has 0 aliphatic carbocycles. The number of aromatic nitrogens is 4. The Morgan fingerprint density at radius 1 is 1.19 bits per heavy atom. The van der Waals surface area contributed by atoms with Gasteiger partial charge in [-0.15, -0.1) is 0 Å². The number of nitrogens with one attached hydrogen (secondary N) is 2. The molecule has 15 heteroatoms. The van der Waals surface area contributed by atoms with Gasteiger partial charge in [-0.3, -0.25) is 9.48 Å².